The molecular formula is C52H33NO2. The largest absolute Gasteiger partial charge is 0.456 e. The molecule has 0 aliphatic carbocycles. The van der Waals surface area contributed by atoms with Crippen LogP contribution in [0.1, 0.15) is 0 Å². The fraction of sp³-hybridized carbons (Fsp3) is 0. The maximum absolute atomic E-state index is 6.64. The van der Waals surface area contributed by atoms with Gasteiger partial charge in [0.2, 0.25) is 0 Å². The molecule has 0 bridgehead atoms. The van der Waals surface area contributed by atoms with Crippen LogP contribution in [-0.4, -0.2) is 0 Å². The van der Waals surface area contributed by atoms with Crippen LogP contribution >= 0.6 is 0 Å². The normalized spacial score (nSPS) is 11.6. The van der Waals surface area contributed by atoms with Gasteiger partial charge in [0, 0.05) is 32.9 Å². The first-order chi connectivity index (χ1) is 27.3. The lowest BCUT2D eigenvalue weighted by molar-refractivity contribution is 0.668. The number of fused-ring (bicyclic) bond motifs is 7. The predicted molar refractivity (Wildman–Crippen MR) is 229 cm³/mol. The Kier molecular flexibility index (Phi) is 7.17. The lowest BCUT2D eigenvalue weighted by atomic mass is 9.95. The zero-order valence-electron chi connectivity index (χ0n) is 29.8. The Labute approximate surface area is 317 Å². The molecule has 0 aliphatic heterocycles. The van der Waals surface area contributed by atoms with E-state index in [9.17, 15) is 0 Å². The van der Waals surface area contributed by atoms with Crippen LogP contribution in [0.25, 0.3) is 88.0 Å². The van der Waals surface area contributed by atoms with Crippen molar-refractivity contribution in [2.75, 3.05) is 4.90 Å². The summed E-state index contributed by atoms with van der Waals surface area (Å²) in [4.78, 5) is 2.32. The van der Waals surface area contributed by atoms with Crippen LogP contribution in [0.2, 0.25) is 0 Å². The van der Waals surface area contributed by atoms with Gasteiger partial charge in [0.1, 0.15) is 16.7 Å². The summed E-state index contributed by atoms with van der Waals surface area (Å²) in [7, 11) is 0. The fourth-order valence-corrected chi connectivity index (χ4v) is 8.31. The van der Waals surface area contributed by atoms with E-state index in [0.29, 0.717) is 0 Å². The number of hydrogen-bond acceptors (Lipinski definition) is 3. The lowest BCUT2D eigenvalue weighted by Crippen LogP contribution is -2.10. The average molecular weight is 704 g/mol. The van der Waals surface area contributed by atoms with Gasteiger partial charge >= 0.3 is 0 Å². The zero-order chi connectivity index (χ0) is 36.3. The molecule has 2 aromatic heterocycles. The van der Waals surface area contributed by atoms with Gasteiger partial charge in [-0.3, -0.25) is 0 Å². The summed E-state index contributed by atoms with van der Waals surface area (Å²) in [6, 6.07) is 71.0. The molecule has 9 aromatic carbocycles. The molecule has 0 radical (unpaired) electrons. The number of nitrogens with zero attached hydrogens (tertiary/aromatic N) is 1. The van der Waals surface area contributed by atoms with Gasteiger partial charge in [-0.15, -0.1) is 0 Å². The Morgan fingerprint density at radius 2 is 0.927 bits per heavy atom. The predicted octanol–water partition coefficient (Wildman–Crippen LogP) is 15.1. The first kappa shape index (κ1) is 31.2. The second-order valence-electron chi connectivity index (χ2n) is 14.1. The molecule has 2 heterocycles. The van der Waals surface area contributed by atoms with Gasteiger partial charge in [0.05, 0.1) is 5.69 Å². The minimum atomic E-state index is 0.853. The highest BCUT2D eigenvalue weighted by Gasteiger charge is 2.21. The highest BCUT2D eigenvalue weighted by Crippen LogP contribution is 2.44. The molecular weight excluding hydrogens is 671 g/mol. The molecule has 0 N–H and O–H groups in total. The summed E-state index contributed by atoms with van der Waals surface area (Å²) in [6.45, 7) is 0. The van der Waals surface area contributed by atoms with Crippen LogP contribution in [0.4, 0.5) is 17.1 Å². The number of para-hydroxylation sites is 3. The van der Waals surface area contributed by atoms with Crippen molar-refractivity contribution in [1.29, 1.82) is 0 Å². The fourth-order valence-electron chi connectivity index (χ4n) is 8.31. The minimum absolute atomic E-state index is 0.853. The van der Waals surface area contributed by atoms with E-state index in [1.54, 1.807) is 0 Å². The van der Waals surface area contributed by atoms with Crippen molar-refractivity contribution in [3.8, 4) is 33.4 Å². The van der Waals surface area contributed by atoms with Crippen LogP contribution in [0.3, 0.4) is 0 Å². The molecule has 0 amide bonds. The van der Waals surface area contributed by atoms with Crippen molar-refractivity contribution in [2.45, 2.75) is 0 Å². The van der Waals surface area contributed by atoms with E-state index < -0.39 is 0 Å². The summed E-state index contributed by atoms with van der Waals surface area (Å²) in [5.74, 6) is 0. The first-order valence-electron chi connectivity index (χ1n) is 18.7. The third-order valence-corrected chi connectivity index (χ3v) is 10.9. The van der Waals surface area contributed by atoms with Gasteiger partial charge in [0.15, 0.2) is 5.58 Å². The van der Waals surface area contributed by atoms with Crippen molar-refractivity contribution >= 4 is 71.7 Å². The molecule has 3 nitrogen and oxygen atoms in total. The van der Waals surface area contributed by atoms with Crippen LogP contribution in [-0.2, 0) is 0 Å². The van der Waals surface area contributed by atoms with E-state index in [0.717, 1.165) is 83.2 Å². The van der Waals surface area contributed by atoms with Crippen molar-refractivity contribution in [3.63, 3.8) is 0 Å². The average Bonchev–Trinajstić information content (AvgIpc) is 3.83. The van der Waals surface area contributed by atoms with Gasteiger partial charge in [-0.1, -0.05) is 146 Å². The number of rotatable bonds is 6. The van der Waals surface area contributed by atoms with Gasteiger partial charge in [-0.25, -0.2) is 0 Å². The zero-order valence-corrected chi connectivity index (χ0v) is 29.8. The summed E-state index contributed by atoms with van der Waals surface area (Å²) >= 11 is 0. The molecule has 55 heavy (non-hydrogen) atoms. The Morgan fingerprint density at radius 3 is 1.80 bits per heavy atom. The summed E-state index contributed by atoms with van der Waals surface area (Å²) in [5, 5.41) is 6.94. The van der Waals surface area contributed by atoms with Gasteiger partial charge < -0.3 is 13.7 Å². The van der Waals surface area contributed by atoms with Crippen LogP contribution in [0, 0.1) is 0 Å². The van der Waals surface area contributed by atoms with Gasteiger partial charge in [-0.2, -0.15) is 0 Å². The first-order valence-corrected chi connectivity index (χ1v) is 18.7. The summed E-state index contributed by atoms with van der Waals surface area (Å²) in [6.07, 6.45) is 0. The molecule has 0 saturated carbocycles. The molecule has 0 fully saturated rings. The van der Waals surface area contributed by atoms with E-state index >= 15 is 0 Å². The molecule has 0 spiro atoms. The number of benzene rings is 9. The smallest absolute Gasteiger partial charge is 0.159 e. The highest BCUT2D eigenvalue weighted by molar-refractivity contribution is 6.13. The molecule has 0 atom stereocenters. The third kappa shape index (κ3) is 5.20. The van der Waals surface area contributed by atoms with Gasteiger partial charge in [0.25, 0.3) is 0 Å². The second-order valence-corrected chi connectivity index (χ2v) is 14.1. The minimum Gasteiger partial charge on any atom is -0.456 e. The van der Waals surface area contributed by atoms with E-state index in [1.807, 2.05) is 30.3 Å². The van der Waals surface area contributed by atoms with Crippen LogP contribution < -0.4 is 4.90 Å². The molecule has 0 aliphatic rings. The van der Waals surface area contributed by atoms with Crippen molar-refractivity contribution in [2.24, 2.45) is 0 Å². The van der Waals surface area contributed by atoms with E-state index in [2.05, 4.69) is 175 Å². The number of furan rings is 2. The highest BCUT2D eigenvalue weighted by atomic mass is 16.3. The van der Waals surface area contributed by atoms with Crippen molar-refractivity contribution in [1.82, 2.24) is 0 Å². The topological polar surface area (TPSA) is 29.5 Å². The van der Waals surface area contributed by atoms with E-state index in [4.69, 9.17) is 8.83 Å². The molecule has 0 unspecified atom stereocenters. The maximum Gasteiger partial charge on any atom is 0.159 e. The van der Waals surface area contributed by atoms with E-state index in [1.165, 1.54) is 21.9 Å². The molecule has 11 aromatic rings. The summed E-state index contributed by atoms with van der Waals surface area (Å²) < 4.78 is 12.9. The maximum atomic E-state index is 6.64. The molecule has 11 rings (SSSR count). The summed E-state index contributed by atoms with van der Waals surface area (Å²) in [5.41, 5.74) is 13.6. The Morgan fingerprint density at radius 1 is 0.327 bits per heavy atom. The Bertz CT molecular complexity index is 3220. The van der Waals surface area contributed by atoms with Crippen molar-refractivity contribution < 1.29 is 8.83 Å². The van der Waals surface area contributed by atoms with Crippen LogP contribution in [0.15, 0.2) is 209 Å². The van der Waals surface area contributed by atoms with Crippen molar-refractivity contribution in [3.05, 3.63) is 200 Å². The number of hydrogen-bond donors (Lipinski definition) is 0. The SMILES string of the molecule is c1cc(-c2cccc(N(c3ccc(-c4cccc5oc6ccccc6c45)cc3)c3cccc4c3oc3ccccc34)c2)cc(-c2cccc3ccccc23)c1. The second kappa shape index (κ2) is 12.6. The third-order valence-electron chi connectivity index (χ3n) is 10.9. The number of anilines is 3. The monoisotopic (exact) mass is 703 g/mol. The quantitative estimate of drug-likeness (QED) is 0.173. The Balaban J connectivity index is 1.06. The lowest BCUT2D eigenvalue weighted by Gasteiger charge is -2.26. The van der Waals surface area contributed by atoms with Crippen LogP contribution in [0.5, 0.6) is 0 Å². The molecule has 258 valence electrons. The Hall–Kier alpha value is -7.36. The molecule has 0 saturated heterocycles. The standard InChI is InChI=1S/C52H33NO2/c1-2-18-41-34(12-1)13-9-21-42(41)38-16-7-14-36(32-38)37-15-8-17-40(33-37)53(47-24-10-23-45-44-19-3-5-25-48(44)55-52(45)47)39-30-28-35(29-31-39)43-22-11-27-50-51(43)46-20-4-6-26-49(46)54-50/h1-33H. The van der Waals surface area contributed by atoms with E-state index in [-0.39, 0.29) is 0 Å². The van der Waals surface area contributed by atoms with Gasteiger partial charge in [-0.05, 0) is 98.8 Å². The molecule has 3 heteroatoms.